The Labute approximate surface area is 149 Å². The van der Waals surface area contributed by atoms with Crippen LogP contribution in [0.3, 0.4) is 0 Å². The van der Waals surface area contributed by atoms with Gasteiger partial charge in [0, 0.05) is 37.4 Å². The summed E-state index contributed by atoms with van der Waals surface area (Å²) < 4.78 is 5.43. The molecule has 4 nitrogen and oxygen atoms in total. The Kier molecular flexibility index (Phi) is 4.70. The Balaban J connectivity index is 1.43. The predicted octanol–water partition coefficient (Wildman–Crippen LogP) is 3.05. The fourth-order valence-electron chi connectivity index (χ4n) is 3.70. The Hall–Kier alpha value is -2.33. The maximum atomic E-state index is 12.7. The van der Waals surface area contributed by atoms with Crippen LogP contribution in [0.5, 0.6) is 0 Å². The summed E-state index contributed by atoms with van der Waals surface area (Å²) in [7, 11) is 0. The maximum absolute atomic E-state index is 12.7. The van der Waals surface area contributed by atoms with E-state index in [1.807, 2.05) is 23.1 Å². The first-order valence-corrected chi connectivity index (χ1v) is 9.11. The van der Waals surface area contributed by atoms with Crippen LogP contribution in [0.15, 0.2) is 48.5 Å². The summed E-state index contributed by atoms with van der Waals surface area (Å²) in [4.78, 5) is 17.0. The van der Waals surface area contributed by atoms with E-state index >= 15 is 0 Å². The number of fused-ring (bicyclic) bond motifs is 1. The van der Waals surface area contributed by atoms with Crippen LogP contribution in [0.2, 0.25) is 0 Å². The number of rotatable bonds is 4. The zero-order valence-corrected chi connectivity index (χ0v) is 14.5. The largest absolute Gasteiger partial charge is 0.378 e. The Morgan fingerprint density at radius 1 is 1.00 bits per heavy atom. The molecule has 0 atom stereocenters. The highest BCUT2D eigenvalue weighted by atomic mass is 16.5. The first-order valence-electron chi connectivity index (χ1n) is 9.11. The second-order valence-electron chi connectivity index (χ2n) is 6.69. The monoisotopic (exact) mass is 336 g/mol. The van der Waals surface area contributed by atoms with Gasteiger partial charge >= 0.3 is 0 Å². The van der Waals surface area contributed by atoms with Crippen LogP contribution in [-0.4, -0.2) is 38.8 Å². The summed E-state index contributed by atoms with van der Waals surface area (Å²) in [6.45, 7) is 4.27. The van der Waals surface area contributed by atoms with Crippen LogP contribution in [0.4, 0.5) is 11.4 Å². The Morgan fingerprint density at radius 2 is 1.80 bits per heavy atom. The fraction of sp³-hybridized carbons (Fsp3) is 0.381. The van der Waals surface area contributed by atoms with Gasteiger partial charge < -0.3 is 14.5 Å². The molecule has 0 saturated carbocycles. The molecule has 1 saturated heterocycles. The van der Waals surface area contributed by atoms with Crippen molar-refractivity contribution in [1.82, 2.24) is 0 Å². The average molecular weight is 336 g/mol. The van der Waals surface area contributed by atoms with Crippen LogP contribution >= 0.6 is 0 Å². The third-order valence-electron chi connectivity index (χ3n) is 5.11. The number of carbonyl (C=O) groups excluding carboxylic acids is 1. The summed E-state index contributed by atoms with van der Waals surface area (Å²) in [5, 5.41) is 0. The van der Waals surface area contributed by atoms with Gasteiger partial charge in [-0.15, -0.1) is 0 Å². The molecule has 25 heavy (non-hydrogen) atoms. The van der Waals surface area contributed by atoms with E-state index in [1.165, 1.54) is 16.8 Å². The Morgan fingerprint density at radius 3 is 2.60 bits per heavy atom. The molecule has 2 heterocycles. The molecular formula is C21H24N2O2. The number of nitrogens with zero attached hydrogens (tertiary/aromatic N) is 2. The number of amides is 1. The molecular weight excluding hydrogens is 312 g/mol. The topological polar surface area (TPSA) is 32.8 Å². The van der Waals surface area contributed by atoms with Gasteiger partial charge in [0.1, 0.15) is 0 Å². The van der Waals surface area contributed by atoms with Gasteiger partial charge in [0.2, 0.25) is 5.91 Å². The zero-order chi connectivity index (χ0) is 17.1. The minimum Gasteiger partial charge on any atom is -0.378 e. The molecule has 0 radical (unpaired) electrons. The number of ether oxygens (including phenoxy) is 1. The number of benzene rings is 2. The quantitative estimate of drug-likeness (QED) is 0.860. The van der Waals surface area contributed by atoms with E-state index in [-0.39, 0.29) is 5.91 Å². The first-order chi connectivity index (χ1) is 12.3. The first kappa shape index (κ1) is 16.2. The van der Waals surface area contributed by atoms with Crippen molar-refractivity contribution in [3.05, 3.63) is 59.7 Å². The van der Waals surface area contributed by atoms with Crippen LogP contribution < -0.4 is 9.80 Å². The van der Waals surface area contributed by atoms with E-state index in [2.05, 4.69) is 35.2 Å². The standard InChI is InChI=1S/C21H24N2O2/c24-21(9-6-17-4-2-1-3-5-17)23-11-10-18-16-19(7-8-20(18)23)22-12-14-25-15-13-22/h1-5,7-8,16H,6,9-15H2. The molecule has 130 valence electrons. The van der Waals surface area contributed by atoms with Crippen molar-refractivity contribution < 1.29 is 9.53 Å². The fourth-order valence-corrected chi connectivity index (χ4v) is 3.70. The molecule has 0 N–H and O–H groups in total. The lowest BCUT2D eigenvalue weighted by atomic mass is 10.1. The highest BCUT2D eigenvalue weighted by Crippen LogP contribution is 2.32. The second kappa shape index (κ2) is 7.28. The van der Waals surface area contributed by atoms with Crippen LogP contribution in [0, 0.1) is 0 Å². The third-order valence-corrected chi connectivity index (χ3v) is 5.11. The van der Waals surface area contributed by atoms with Crippen LogP contribution in [0.25, 0.3) is 0 Å². The highest BCUT2D eigenvalue weighted by Gasteiger charge is 2.25. The molecule has 0 aromatic heterocycles. The second-order valence-corrected chi connectivity index (χ2v) is 6.69. The minimum atomic E-state index is 0.224. The number of anilines is 2. The van der Waals surface area contributed by atoms with E-state index in [0.29, 0.717) is 6.42 Å². The SMILES string of the molecule is O=C(CCc1ccccc1)N1CCc2cc(N3CCOCC3)ccc21. The van der Waals surface area contributed by atoms with Crippen LogP contribution in [-0.2, 0) is 22.4 Å². The van der Waals surface area contributed by atoms with E-state index in [1.54, 1.807) is 0 Å². The van der Waals surface area contributed by atoms with Crippen molar-refractivity contribution in [2.75, 3.05) is 42.6 Å². The highest BCUT2D eigenvalue weighted by molar-refractivity contribution is 5.95. The molecule has 4 heteroatoms. The van der Waals surface area contributed by atoms with Crippen molar-refractivity contribution in [3.63, 3.8) is 0 Å². The van der Waals surface area contributed by atoms with Gasteiger partial charge in [0.25, 0.3) is 0 Å². The van der Waals surface area contributed by atoms with Crippen molar-refractivity contribution >= 4 is 17.3 Å². The average Bonchev–Trinajstić information content (AvgIpc) is 3.11. The lowest BCUT2D eigenvalue weighted by Gasteiger charge is -2.29. The lowest BCUT2D eigenvalue weighted by Crippen LogP contribution is -2.36. The molecule has 1 amide bonds. The van der Waals surface area contributed by atoms with Gasteiger partial charge in [0.05, 0.1) is 13.2 Å². The van der Waals surface area contributed by atoms with Gasteiger partial charge in [-0.2, -0.15) is 0 Å². The molecule has 4 rings (SSSR count). The zero-order valence-electron chi connectivity index (χ0n) is 14.5. The van der Waals surface area contributed by atoms with E-state index < -0.39 is 0 Å². The predicted molar refractivity (Wildman–Crippen MR) is 100 cm³/mol. The van der Waals surface area contributed by atoms with Gasteiger partial charge in [0.15, 0.2) is 0 Å². The number of morpholine rings is 1. The molecule has 0 bridgehead atoms. The smallest absolute Gasteiger partial charge is 0.227 e. The van der Waals surface area contributed by atoms with E-state index in [4.69, 9.17) is 4.74 Å². The van der Waals surface area contributed by atoms with Crippen LogP contribution in [0.1, 0.15) is 17.5 Å². The minimum absolute atomic E-state index is 0.224. The molecule has 0 spiro atoms. The van der Waals surface area contributed by atoms with Crippen molar-refractivity contribution in [3.8, 4) is 0 Å². The number of carbonyl (C=O) groups is 1. The summed E-state index contributed by atoms with van der Waals surface area (Å²) in [6.07, 6.45) is 2.32. The van der Waals surface area contributed by atoms with Crippen molar-refractivity contribution in [1.29, 1.82) is 0 Å². The maximum Gasteiger partial charge on any atom is 0.227 e. The van der Waals surface area contributed by atoms with E-state index in [0.717, 1.165) is 51.4 Å². The molecule has 1 fully saturated rings. The summed E-state index contributed by atoms with van der Waals surface area (Å²) in [5.74, 6) is 0.224. The third kappa shape index (κ3) is 3.54. The summed E-state index contributed by atoms with van der Waals surface area (Å²) >= 11 is 0. The van der Waals surface area contributed by atoms with Crippen molar-refractivity contribution in [2.45, 2.75) is 19.3 Å². The lowest BCUT2D eigenvalue weighted by molar-refractivity contribution is -0.118. The molecule has 2 aromatic rings. The Bertz CT molecular complexity index is 739. The van der Waals surface area contributed by atoms with Gasteiger partial charge in [-0.25, -0.2) is 0 Å². The van der Waals surface area contributed by atoms with Gasteiger partial charge in [-0.05, 0) is 42.2 Å². The normalized spacial score (nSPS) is 16.8. The van der Waals surface area contributed by atoms with Gasteiger partial charge in [-0.1, -0.05) is 30.3 Å². The number of aryl methyl sites for hydroxylation is 1. The summed E-state index contributed by atoms with van der Waals surface area (Å²) in [6, 6.07) is 16.7. The number of hydrogen-bond donors (Lipinski definition) is 0. The summed E-state index contributed by atoms with van der Waals surface area (Å²) in [5.41, 5.74) is 4.85. The molecule has 2 aliphatic rings. The number of hydrogen-bond acceptors (Lipinski definition) is 3. The molecule has 0 aliphatic carbocycles. The van der Waals surface area contributed by atoms with Gasteiger partial charge in [-0.3, -0.25) is 4.79 Å². The molecule has 2 aromatic carbocycles. The van der Waals surface area contributed by atoms with Crippen molar-refractivity contribution in [2.24, 2.45) is 0 Å². The molecule has 0 unspecified atom stereocenters. The van der Waals surface area contributed by atoms with E-state index in [9.17, 15) is 4.79 Å². The molecule has 2 aliphatic heterocycles.